The van der Waals surface area contributed by atoms with E-state index in [0.29, 0.717) is 18.1 Å². The van der Waals surface area contributed by atoms with E-state index in [2.05, 4.69) is 29.8 Å². The van der Waals surface area contributed by atoms with Gasteiger partial charge < -0.3 is 11.1 Å². The van der Waals surface area contributed by atoms with Gasteiger partial charge in [-0.1, -0.05) is 13.0 Å². The summed E-state index contributed by atoms with van der Waals surface area (Å²) in [5.74, 6) is 0. The van der Waals surface area contributed by atoms with Crippen molar-refractivity contribution in [3.8, 4) is 0 Å². The van der Waals surface area contributed by atoms with E-state index in [9.17, 15) is 0 Å². The molecule has 2 rings (SSSR count). The van der Waals surface area contributed by atoms with Crippen LogP contribution in [0.25, 0.3) is 0 Å². The third-order valence-corrected chi connectivity index (χ3v) is 3.89. The maximum atomic E-state index is 5.77. The van der Waals surface area contributed by atoms with Gasteiger partial charge in [0.25, 0.3) is 0 Å². The SMILES string of the molecule is CCC(NC1CC(N)C1)c1cccs1. The standard InChI is InChI=1S/C11H18N2S/c1-2-10(11-4-3-5-14-11)13-9-6-8(12)7-9/h3-5,8-10,13H,2,6-7,12H2,1H3. The molecule has 0 spiro atoms. The zero-order chi connectivity index (χ0) is 9.97. The Kier molecular flexibility index (Phi) is 3.21. The van der Waals surface area contributed by atoms with Crippen molar-refractivity contribution in [2.45, 2.75) is 44.3 Å². The van der Waals surface area contributed by atoms with Crippen molar-refractivity contribution < 1.29 is 0 Å². The van der Waals surface area contributed by atoms with Crippen LogP contribution in [0, 0.1) is 0 Å². The molecule has 1 fully saturated rings. The van der Waals surface area contributed by atoms with Gasteiger partial charge in [0.1, 0.15) is 0 Å². The van der Waals surface area contributed by atoms with Crippen LogP contribution in [0.2, 0.25) is 0 Å². The molecular weight excluding hydrogens is 192 g/mol. The number of nitrogens with one attached hydrogen (secondary N) is 1. The number of hydrogen-bond donors (Lipinski definition) is 2. The van der Waals surface area contributed by atoms with Crippen LogP contribution in [0.5, 0.6) is 0 Å². The maximum absolute atomic E-state index is 5.77. The summed E-state index contributed by atoms with van der Waals surface area (Å²) in [5.41, 5.74) is 5.77. The van der Waals surface area contributed by atoms with Gasteiger partial charge in [-0.25, -0.2) is 0 Å². The monoisotopic (exact) mass is 210 g/mol. The second-order valence-corrected chi connectivity index (χ2v) is 5.05. The second kappa shape index (κ2) is 4.43. The smallest absolute Gasteiger partial charge is 0.0414 e. The summed E-state index contributed by atoms with van der Waals surface area (Å²) < 4.78 is 0. The van der Waals surface area contributed by atoms with Crippen LogP contribution in [-0.4, -0.2) is 12.1 Å². The van der Waals surface area contributed by atoms with Crippen molar-refractivity contribution in [1.29, 1.82) is 0 Å². The Labute approximate surface area is 89.5 Å². The van der Waals surface area contributed by atoms with Crippen molar-refractivity contribution in [2.24, 2.45) is 5.73 Å². The van der Waals surface area contributed by atoms with E-state index in [0.717, 1.165) is 19.3 Å². The molecule has 2 nitrogen and oxygen atoms in total. The van der Waals surface area contributed by atoms with E-state index in [1.165, 1.54) is 4.88 Å². The first-order valence-corrected chi connectivity index (χ1v) is 6.22. The van der Waals surface area contributed by atoms with Crippen LogP contribution in [0.1, 0.15) is 37.1 Å². The predicted molar refractivity (Wildman–Crippen MR) is 61.5 cm³/mol. The molecule has 1 atom stereocenters. The normalized spacial score (nSPS) is 28.4. The number of nitrogens with two attached hydrogens (primary N) is 1. The Hall–Kier alpha value is -0.380. The van der Waals surface area contributed by atoms with E-state index < -0.39 is 0 Å². The van der Waals surface area contributed by atoms with Crippen LogP contribution in [0.15, 0.2) is 17.5 Å². The first-order valence-electron chi connectivity index (χ1n) is 5.34. The van der Waals surface area contributed by atoms with Crippen molar-refractivity contribution in [1.82, 2.24) is 5.32 Å². The van der Waals surface area contributed by atoms with E-state index in [4.69, 9.17) is 5.73 Å². The molecule has 1 unspecified atom stereocenters. The molecular formula is C11H18N2S. The van der Waals surface area contributed by atoms with Crippen molar-refractivity contribution >= 4 is 11.3 Å². The molecule has 0 amide bonds. The van der Waals surface area contributed by atoms with Gasteiger partial charge >= 0.3 is 0 Å². The molecule has 1 heterocycles. The van der Waals surface area contributed by atoms with E-state index >= 15 is 0 Å². The quantitative estimate of drug-likeness (QED) is 0.800. The summed E-state index contributed by atoms with van der Waals surface area (Å²) in [6, 6.07) is 5.96. The van der Waals surface area contributed by atoms with Gasteiger partial charge in [-0.3, -0.25) is 0 Å². The summed E-state index contributed by atoms with van der Waals surface area (Å²) in [6.45, 7) is 2.23. The lowest BCUT2D eigenvalue weighted by molar-refractivity contribution is 0.265. The van der Waals surface area contributed by atoms with Crippen LogP contribution in [-0.2, 0) is 0 Å². The number of thiophene rings is 1. The molecule has 0 aromatic carbocycles. The van der Waals surface area contributed by atoms with E-state index in [1.54, 1.807) is 0 Å². The van der Waals surface area contributed by atoms with Gasteiger partial charge in [-0.2, -0.15) is 0 Å². The lowest BCUT2D eigenvalue weighted by Gasteiger charge is -2.35. The Balaban J connectivity index is 1.88. The van der Waals surface area contributed by atoms with Crippen molar-refractivity contribution in [2.75, 3.05) is 0 Å². The maximum Gasteiger partial charge on any atom is 0.0414 e. The van der Waals surface area contributed by atoms with E-state index in [1.807, 2.05) is 11.3 Å². The van der Waals surface area contributed by atoms with Crippen LogP contribution in [0.4, 0.5) is 0 Å². The second-order valence-electron chi connectivity index (χ2n) is 4.07. The Morgan fingerprint density at radius 1 is 1.64 bits per heavy atom. The van der Waals surface area contributed by atoms with Gasteiger partial charge in [0.05, 0.1) is 0 Å². The lowest BCUT2D eigenvalue weighted by Crippen LogP contribution is -2.49. The van der Waals surface area contributed by atoms with Gasteiger partial charge in [0.2, 0.25) is 0 Å². The molecule has 1 saturated carbocycles. The zero-order valence-corrected chi connectivity index (χ0v) is 9.39. The fraction of sp³-hybridized carbons (Fsp3) is 0.636. The largest absolute Gasteiger partial charge is 0.328 e. The zero-order valence-electron chi connectivity index (χ0n) is 8.57. The highest BCUT2D eigenvalue weighted by molar-refractivity contribution is 7.10. The molecule has 0 radical (unpaired) electrons. The third-order valence-electron chi connectivity index (χ3n) is 2.91. The topological polar surface area (TPSA) is 38.0 Å². The summed E-state index contributed by atoms with van der Waals surface area (Å²) in [4.78, 5) is 1.45. The van der Waals surface area contributed by atoms with E-state index in [-0.39, 0.29) is 0 Å². The van der Waals surface area contributed by atoms with Crippen LogP contribution < -0.4 is 11.1 Å². The Morgan fingerprint density at radius 3 is 2.93 bits per heavy atom. The fourth-order valence-corrected chi connectivity index (χ4v) is 2.84. The molecule has 1 aromatic rings. The molecule has 1 aliphatic rings. The summed E-state index contributed by atoms with van der Waals surface area (Å²) in [7, 11) is 0. The highest BCUT2D eigenvalue weighted by Gasteiger charge is 2.27. The predicted octanol–water partition coefficient (Wildman–Crippen LogP) is 2.28. The molecule has 14 heavy (non-hydrogen) atoms. The average Bonchev–Trinajstić information content (AvgIpc) is 2.63. The highest BCUT2D eigenvalue weighted by Crippen LogP contribution is 2.26. The molecule has 0 bridgehead atoms. The fourth-order valence-electron chi connectivity index (χ4n) is 1.97. The number of rotatable bonds is 4. The first-order chi connectivity index (χ1) is 6.79. The third kappa shape index (κ3) is 2.16. The summed E-state index contributed by atoms with van der Waals surface area (Å²) in [5, 5.41) is 5.81. The molecule has 1 aliphatic carbocycles. The minimum Gasteiger partial charge on any atom is -0.328 e. The minimum atomic E-state index is 0.438. The van der Waals surface area contributed by atoms with Crippen molar-refractivity contribution in [3.63, 3.8) is 0 Å². The van der Waals surface area contributed by atoms with Gasteiger partial charge in [0, 0.05) is 23.0 Å². The average molecular weight is 210 g/mol. The van der Waals surface area contributed by atoms with Crippen LogP contribution in [0.3, 0.4) is 0 Å². The number of hydrogen-bond acceptors (Lipinski definition) is 3. The summed E-state index contributed by atoms with van der Waals surface area (Å²) >= 11 is 1.84. The highest BCUT2D eigenvalue weighted by atomic mass is 32.1. The van der Waals surface area contributed by atoms with Gasteiger partial charge in [0.15, 0.2) is 0 Å². The van der Waals surface area contributed by atoms with Crippen LogP contribution >= 0.6 is 11.3 Å². The summed E-state index contributed by atoms with van der Waals surface area (Å²) in [6.07, 6.45) is 3.44. The minimum absolute atomic E-state index is 0.438. The molecule has 3 N–H and O–H groups in total. The van der Waals surface area contributed by atoms with Crippen molar-refractivity contribution in [3.05, 3.63) is 22.4 Å². The molecule has 78 valence electrons. The van der Waals surface area contributed by atoms with Gasteiger partial charge in [-0.05, 0) is 30.7 Å². The molecule has 0 aliphatic heterocycles. The Bertz CT molecular complexity index is 265. The van der Waals surface area contributed by atoms with Gasteiger partial charge in [-0.15, -0.1) is 11.3 Å². The lowest BCUT2D eigenvalue weighted by atomic mass is 9.87. The Morgan fingerprint density at radius 2 is 2.43 bits per heavy atom. The molecule has 3 heteroatoms. The molecule has 0 saturated heterocycles. The first kappa shape index (κ1) is 10.1. The molecule has 1 aromatic heterocycles.